The molecular weight excluding hydrogens is 383 g/mol. The minimum atomic E-state index is -0.701. The number of β-amino-alcohol motifs (C(OH)–C–C–N with tert-alkyl or cyclic N) is 1. The highest BCUT2D eigenvalue weighted by Gasteiger charge is 2.43. The van der Waals surface area contributed by atoms with E-state index < -0.39 is 12.2 Å². The maximum Gasteiger partial charge on any atom is 0.125 e. The van der Waals surface area contributed by atoms with E-state index in [1.165, 1.54) is 12.1 Å². The van der Waals surface area contributed by atoms with E-state index in [0.29, 0.717) is 13.0 Å². The van der Waals surface area contributed by atoms with Crippen LogP contribution in [0.5, 0.6) is 5.75 Å². The third-order valence-electron chi connectivity index (χ3n) is 6.70. The molecule has 0 bridgehead atoms. The Labute approximate surface area is 175 Å². The second-order valence-corrected chi connectivity index (χ2v) is 8.71. The van der Waals surface area contributed by atoms with Crippen molar-refractivity contribution >= 4 is 10.9 Å². The average molecular weight is 410 g/mol. The van der Waals surface area contributed by atoms with Crippen molar-refractivity contribution in [3.63, 3.8) is 0 Å². The normalized spacial score (nSPS) is 22.1. The molecule has 2 aromatic carbocycles. The molecule has 0 amide bonds. The number of hydrogen-bond acceptors (Lipinski definition) is 4. The van der Waals surface area contributed by atoms with E-state index in [9.17, 15) is 14.6 Å². The highest BCUT2D eigenvalue weighted by atomic mass is 19.1. The summed E-state index contributed by atoms with van der Waals surface area (Å²) in [4.78, 5) is 5.47. The van der Waals surface area contributed by atoms with E-state index in [1.54, 1.807) is 6.07 Å². The molecule has 1 fully saturated rings. The number of aromatic amines is 1. The van der Waals surface area contributed by atoms with Crippen LogP contribution in [0.1, 0.15) is 48.3 Å². The first-order chi connectivity index (χ1) is 14.4. The predicted octanol–water partition coefficient (Wildman–Crippen LogP) is 4.00. The summed E-state index contributed by atoms with van der Waals surface area (Å²) >= 11 is 0. The van der Waals surface area contributed by atoms with Gasteiger partial charge in [0.2, 0.25) is 0 Å². The Hall–Kier alpha value is -2.41. The topological polar surface area (TPSA) is 68.7 Å². The average Bonchev–Trinajstić information content (AvgIpc) is 3.05. The summed E-state index contributed by atoms with van der Waals surface area (Å²) in [6, 6.07) is 12.3. The van der Waals surface area contributed by atoms with Gasteiger partial charge in [0.25, 0.3) is 0 Å². The van der Waals surface area contributed by atoms with Crippen LogP contribution in [0, 0.1) is 12.7 Å². The SMILES string of the molecule is Cc1[nH]c2ccc(F)cc2c1[C@@H](O)CN1CCC2(CC1)C[C@@H](O)c1ccccc1O2. The Bertz CT molecular complexity index is 1070. The number of nitrogens with zero attached hydrogens (tertiary/aromatic N) is 1. The minimum Gasteiger partial charge on any atom is -0.487 e. The number of para-hydroxylation sites is 1. The van der Waals surface area contributed by atoms with Gasteiger partial charge in [-0.25, -0.2) is 4.39 Å². The fourth-order valence-corrected chi connectivity index (χ4v) is 5.12. The van der Waals surface area contributed by atoms with Gasteiger partial charge in [-0.3, -0.25) is 0 Å². The first kappa shape index (κ1) is 19.5. The second kappa shape index (κ2) is 7.38. The number of nitrogens with one attached hydrogen (secondary N) is 1. The van der Waals surface area contributed by atoms with Crippen molar-refractivity contribution in [2.75, 3.05) is 19.6 Å². The molecule has 5 nitrogen and oxygen atoms in total. The summed E-state index contributed by atoms with van der Waals surface area (Å²) in [5.74, 6) is 0.476. The number of halogens is 1. The number of aromatic nitrogens is 1. The maximum atomic E-state index is 13.7. The lowest BCUT2D eigenvalue weighted by atomic mass is 9.81. The van der Waals surface area contributed by atoms with Crippen LogP contribution in [0.2, 0.25) is 0 Å². The Morgan fingerprint density at radius 2 is 2.00 bits per heavy atom. The van der Waals surface area contributed by atoms with Crippen molar-refractivity contribution in [3.8, 4) is 5.75 Å². The summed E-state index contributed by atoms with van der Waals surface area (Å²) in [7, 11) is 0. The fraction of sp³-hybridized carbons (Fsp3) is 0.417. The number of rotatable bonds is 3. The lowest BCUT2D eigenvalue weighted by Gasteiger charge is -2.46. The van der Waals surface area contributed by atoms with E-state index in [1.807, 2.05) is 31.2 Å². The van der Waals surface area contributed by atoms with Gasteiger partial charge in [-0.15, -0.1) is 0 Å². The number of hydrogen-bond donors (Lipinski definition) is 3. The van der Waals surface area contributed by atoms with E-state index >= 15 is 0 Å². The van der Waals surface area contributed by atoms with Crippen LogP contribution in [-0.4, -0.2) is 45.3 Å². The van der Waals surface area contributed by atoms with Crippen LogP contribution in [0.25, 0.3) is 10.9 Å². The fourth-order valence-electron chi connectivity index (χ4n) is 5.12. The number of benzene rings is 2. The molecule has 2 atom stereocenters. The molecule has 2 aliphatic rings. The lowest BCUT2D eigenvalue weighted by molar-refractivity contribution is -0.0587. The molecule has 1 saturated heterocycles. The van der Waals surface area contributed by atoms with Gasteiger partial charge in [0.05, 0.1) is 12.2 Å². The molecule has 0 saturated carbocycles. The summed E-state index contributed by atoms with van der Waals surface area (Å²) in [5.41, 5.74) is 2.98. The molecule has 6 heteroatoms. The number of fused-ring (bicyclic) bond motifs is 2. The molecule has 1 spiro atoms. The molecular formula is C24H27FN2O3. The minimum absolute atomic E-state index is 0.303. The van der Waals surface area contributed by atoms with E-state index in [0.717, 1.165) is 59.4 Å². The van der Waals surface area contributed by atoms with Crippen LogP contribution >= 0.6 is 0 Å². The predicted molar refractivity (Wildman–Crippen MR) is 113 cm³/mol. The number of aliphatic hydroxyl groups excluding tert-OH is 2. The van der Waals surface area contributed by atoms with Gasteiger partial charge in [-0.2, -0.15) is 0 Å². The smallest absolute Gasteiger partial charge is 0.125 e. The van der Waals surface area contributed by atoms with Gasteiger partial charge >= 0.3 is 0 Å². The van der Waals surface area contributed by atoms with Crippen LogP contribution in [0.15, 0.2) is 42.5 Å². The monoisotopic (exact) mass is 410 g/mol. The number of H-pyrrole nitrogens is 1. The van der Waals surface area contributed by atoms with Gasteiger partial charge < -0.3 is 24.8 Å². The van der Waals surface area contributed by atoms with Crippen LogP contribution < -0.4 is 4.74 Å². The van der Waals surface area contributed by atoms with Crippen LogP contribution in [0.4, 0.5) is 4.39 Å². The van der Waals surface area contributed by atoms with Crippen molar-refractivity contribution < 1.29 is 19.3 Å². The molecule has 3 aromatic rings. The summed E-state index contributed by atoms with van der Waals surface area (Å²) < 4.78 is 20.1. The molecule has 3 heterocycles. The molecule has 158 valence electrons. The first-order valence-electron chi connectivity index (χ1n) is 10.6. The second-order valence-electron chi connectivity index (χ2n) is 8.71. The zero-order valence-corrected chi connectivity index (χ0v) is 17.1. The van der Waals surface area contributed by atoms with E-state index in [4.69, 9.17) is 4.74 Å². The highest BCUT2D eigenvalue weighted by Crippen LogP contribution is 2.44. The van der Waals surface area contributed by atoms with Gasteiger partial charge in [0.15, 0.2) is 0 Å². The molecule has 30 heavy (non-hydrogen) atoms. The van der Waals surface area contributed by atoms with Crippen LogP contribution in [0.3, 0.4) is 0 Å². The first-order valence-corrected chi connectivity index (χ1v) is 10.6. The largest absolute Gasteiger partial charge is 0.487 e. The van der Waals surface area contributed by atoms with Crippen molar-refractivity contribution in [2.24, 2.45) is 0 Å². The lowest BCUT2D eigenvalue weighted by Crippen LogP contribution is -2.51. The number of aliphatic hydroxyl groups is 2. The number of aryl methyl sites for hydroxylation is 1. The molecule has 3 N–H and O–H groups in total. The van der Waals surface area contributed by atoms with Crippen LogP contribution in [-0.2, 0) is 0 Å². The van der Waals surface area contributed by atoms with Crippen molar-refractivity contribution in [3.05, 3.63) is 65.1 Å². The zero-order chi connectivity index (χ0) is 20.9. The van der Waals surface area contributed by atoms with E-state index in [2.05, 4.69) is 9.88 Å². The van der Waals surface area contributed by atoms with Crippen molar-refractivity contribution in [2.45, 2.75) is 44.0 Å². The standard InChI is InChI=1S/C24H27FN2O3/c1-15-23(18-12-16(25)6-7-19(18)26-15)21(29)14-27-10-8-24(9-11-27)13-20(28)17-4-2-3-5-22(17)30-24/h2-7,12,20-21,26,28-29H,8-11,13-14H2,1H3/t20-,21+/m1/s1. The molecule has 2 aliphatic heterocycles. The Balaban J connectivity index is 1.28. The Kier molecular flexibility index (Phi) is 4.81. The van der Waals surface area contributed by atoms with E-state index in [-0.39, 0.29) is 11.4 Å². The van der Waals surface area contributed by atoms with Gasteiger partial charge in [0.1, 0.15) is 17.2 Å². The van der Waals surface area contributed by atoms with Gasteiger partial charge in [-0.1, -0.05) is 18.2 Å². The van der Waals surface area contributed by atoms with Gasteiger partial charge in [-0.05, 0) is 44.0 Å². The molecule has 0 aliphatic carbocycles. The zero-order valence-electron chi connectivity index (χ0n) is 17.1. The quantitative estimate of drug-likeness (QED) is 0.611. The van der Waals surface area contributed by atoms with Crippen molar-refractivity contribution in [1.29, 1.82) is 0 Å². The Morgan fingerprint density at radius 1 is 1.23 bits per heavy atom. The molecule has 5 rings (SSSR count). The number of piperidine rings is 1. The summed E-state index contributed by atoms with van der Waals surface area (Å²) in [6.45, 7) is 3.96. The maximum absolute atomic E-state index is 13.7. The summed E-state index contributed by atoms with van der Waals surface area (Å²) in [6.07, 6.45) is 0.990. The van der Waals surface area contributed by atoms with Gasteiger partial charge in [0, 0.05) is 53.8 Å². The highest BCUT2D eigenvalue weighted by molar-refractivity contribution is 5.85. The molecule has 0 radical (unpaired) electrons. The number of likely N-dealkylation sites (tertiary alicyclic amines) is 1. The van der Waals surface area contributed by atoms with Crippen molar-refractivity contribution in [1.82, 2.24) is 9.88 Å². The Morgan fingerprint density at radius 3 is 2.80 bits per heavy atom. The molecule has 1 aromatic heterocycles. The third kappa shape index (κ3) is 3.39. The molecule has 0 unspecified atom stereocenters. The summed E-state index contributed by atoms with van der Waals surface area (Å²) in [5, 5.41) is 22.3. The number of ether oxygens (including phenoxy) is 1. The third-order valence-corrected chi connectivity index (χ3v) is 6.70.